The molecule has 0 aliphatic carbocycles. The van der Waals surface area contributed by atoms with Crippen LogP contribution in [0.3, 0.4) is 0 Å². The topological polar surface area (TPSA) is 66.9 Å². The lowest BCUT2D eigenvalue weighted by molar-refractivity contribution is 0.102. The molecule has 2 aromatic carbocycles. The van der Waals surface area contributed by atoms with Gasteiger partial charge in [-0.1, -0.05) is 6.07 Å². The van der Waals surface area contributed by atoms with Crippen LogP contribution in [0.4, 0.5) is 39.3 Å². The number of amides is 1. The predicted molar refractivity (Wildman–Crippen MR) is 85.9 cm³/mol. The van der Waals surface area contributed by atoms with Gasteiger partial charge in [-0.25, -0.2) is 31.9 Å². The number of hydrogen-bond donors (Lipinski definition) is 2. The van der Waals surface area contributed by atoms with Gasteiger partial charge in [0.15, 0.2) is 17.5 Å². The molecule has 0 spiro atoms. The van der Waals surface area contributed by atoms with Crippen LogP contribution in [0.5, 0.6) is 0 Å². The number of halogens is 5. The van der Waals surface area contributed by atoms with E-state index in [-0.39, 0.29) is 11.5 Å². The van der Waals surface area contributed by atoms with E-state index in [1.54, 1.807) is 0 Å². The molecule has 0 bridgehead atoms. The van der Waals surface area contributed by atoms with E-state index in [4.69, 9.17) is 0 Å². The Morgan fingerprint density at radius 2 is 1.44 bits per heavy atom. The van der Waals surface area contributed by atoms with Crippen LogP contribution < -0.4 is 10.6 Å². The van der Waals surface area contributed by atoms with E-state index in [1.165, 1.54) is 0 Å². The molecule has 138 valence electrons. The fourth-order valence-corrected chi connectivity index (χ4v) is 2.06. The van der Waals surface area contributed by atoms with Crippen molar-refractivity contribution >= 4 is 23.2 Å². The van der Waals surface area contributed by atoms with Crippen molar-refractivity contribution in [3.63, 3.8) is 0 Å². The Labute approximate surface area is 148 Å². The Kier molecular flexibility index (Phi) is 4.97. The van der Waals surface area contributed by atoms with Crippen LogP contribution in [-0.4, -0.2) is 15.9 Å². The van der Waals surface area contributed by atoms with Crippen molar-refractivity contribution in [1.29, 1.82) is 0 Å². The second-order valence-corrected chi connectivity index (χ2v) is 5.19. The Bertz CT molecular complexity index is 991. The van der Waals surface area contributed by atoms with E-state index in [1.807, 2.05) is 5.32 Å². The maximum absolute atomic E-state index is 13.6. The van der Waals surface area contributed by atoms with E-state index in [0.717, 1.165) is 36.7 Å². The van der Waals surface area contributed by atoms with Crippen molar-refractivity contribution in [3.05, 3.63) is 77.4 Å². The summed E-state index contributed by atoms with van der Waals surface area (Å²) in [4.78, 5) is 19.5. The van der Waals surface area contributed by atoms with Gasteiger partial charge in [0.05, 0.1) is 11.3 Å². The number of aromatic nitrogens is 2. The standard InChI is InChI=1S/C17H9F5N4O/c18-9-4-5-12(14(22)13(9)21)25-17-23-6-8(7-24-17)16(27)26-15-10(19)2-1-3-11(15)20/h1-7H,(H,26,27)(H,23,24,25). The highest BCUT2D eigenvalue weighted by molar-refractivity contribution is 6.04. The highest BCUT2D eigenvalue weighted by Gasteiger charge is 2.16. The summed E-state index contributed by atoms with van der Waals surface area (Å²) >= 11 is 0. The van der Waals surface area contributed by atoms with Gasteiger partial charge in [-0.15, -0.1) is 0 Å². The molecule has 0 aliphatic heterocycles. The van der Waals surface area contributed by atoms with Gasteiger partial charge in [-0.2, -0.15) is 0 Å². The zero-order valence-electron chi connectivity index (χ0n) is 13.2. The summed E-state index contributed by atoms with van der Waals surface area (Å²) in [5.74, 6) is -7.50. The normalized spacial score (nSPS) is 10.6. The van der Waals surface area contributed by atoms with Gasteiger partial charge in [-0.3, -0.25) is 4.79 Å². The lowest BCUT2D eigenvalue weighted by atomic mass is 10.2. The molecule has 1 heterocycles. The molecule has 10 heteroatoms. The van der Waals surface area contributed by atoms with E-state index < -0.39 is 46.4 Å². The van der Waals surface area contributed by atoms with Crippen LogP contribution in [-0.2, 0) is 0 Å². The third-order valence-electron chi connectivity index (χ3n) is 3.40. The maximum atomic E-state index is 13.6. The highest BCUT2D eigenvalue weighted by Crippen LogP contribution is 2.22. The molecule has 0 saturated carbocycles. The fourth-order valence-electron chi connectivity index (χ4n) is 2.06. The lowest BCUT2D eigenvalue weighted by Gasteiger charge is -2.09. The maximum Gasteiger partial charge on any atom is 0.258 e. The van der Waals surface area contributed by atoms with Crippen molar-refractivity contribution in [2.45, 2.75) is 0 Å². The minimum Gasteiger partial charge on any atom is -0.322 e. The van der Waals surface area contributed by atoms with E-state index in [9.17, 15) is 26.7 Å². The Hall–Kier alpha value is -3.56. The van der Waals surface area contributed by atoms with Crippen LogP contribution in [0.25, 0.3) is 0 Å². The molecule has 2 N–H and O–H groups in total. The summed E-state index contributed by atoms with van der Waals surface area (Å²) in [7, 11) is 0. The quantitative estimate of drug-likeness (QED) is 0.527. The van der Waals surface area contributed by atoms with Crippen LogP contribution in [0.2, 0.25) is 0 Å². The molecule has 27 heavy (non-hydrogen) atoms. The minimum absolute atomic E-state index is 0.144. The molecule has 0 aliphatic rings. The van der Waals surface area contributed by atoms with Crippen molar-refractivity contribution in [2.24, 2.45) is 0 Å². The Morgan fingerprint density at radius 1 is 0.815 bits per heavy atom. The van der Waals surface area contributed by atoms with Crippen molar-refractivity contribution in [1.82, 2.24) is 9.97 Å². The Morgan fingerprint density at radius 3 is 2.07 bits per heavy atom. The van der Waals surface area contributed by atoms with Gasteiger partial charge in [0.25, 0.3) is 5.91 Å². The van der Waals surface area contributed by atoms with Crippen LogP contribution >= 0.6 is 0 Å². The summed E-state index contributed by atoms with van der Waals surface area (Å²) in [6.07, 6.45) is 2.00. The molecule has 0 atom stereocenters. The molecule has 3 aromatic rings. The first kappa shape index (κ1) is 18.2. The molecular formula is C17H9F5N4O. The third kappa shape index (κ3) is 3.84. The lowest BCUT2D eigenvalue weighted by Crippen LogP contribution is -2.15. The average molecular weight is 380 g/mol. The minimum atomic E-state index is -1.66. The molecule has 0 radical (unpaired) electrons. The number of nitrogens with one attached hydrogen (secondary N) is 2. The summed E-state index contributed by atoms with van der Waals surface area (Å²) in [5, 5.41) is 4.36. The van der Waals surface area contributed by atoms with Gasteiger partial charge in [0.1, 0.15) is 17.3 Å². The third-order valence-corrected chi connectivity index (χ3v) is 3.40. The number of carbonyl (C=O) groups is 1. The summed E-state index contributed by atoms with van der Waals surface area (Å²) in [5.41, 5.74) is -1.19. The van der Waals surface area contributed by atoms with Gasteiger partial charge < -0.3 is 10.6 Å². The summed E-state index contributed by atoms with van der Waals surface area (Å²) in [6.45, 7) is 0. The summed E-state index contributed by atoms with van der Waals surface area (Å²) in [6, 6.07) is 4.74. The van der Waals surface area contributed by atoms with Crippen LogP contribution in [0.15, 0.2) is 42.7 Å². The zero-order valence-corrected chi connectivity index (χ0v) is 13.2. The first-order valence-corrected chi connectivity index (χ1v) is 7.34. The van der Waals surface area contributed by atoms with Gasteiger partial charge in [0, 0.05) is 12.4 Å². The highest BCUT2D eigenvalue weighted by atomic mass is 19.2. The molecule has 1 amide bonds. The molecule has 0 unspecified atom stereocenters. The van der Waals surface area contributed by atoms with E-state index in [2.05, 4.69) is 15.3 Å². The van der Waals surface area contributed by atoms with Crippen molar-refractivity contribution in [3.8, 4) is 0 Å². The van der Waals surface area contributed by atoms with Crippen LogP contribution in [0, 0.1) is 29.1 Å². The molecule has 0 saturated heterocycles. The smallest absolute Gasteiger partial charge is 0.258 e. The number of para-hydroxylation sites is 1. The van der Waals surface area contributed by atoms with Crippen LogP contribution in [0.1, 0.15) is 10.4 Å². The predicted octanol–water partition coefficient (Wildman–Crippen LogP) is 4.17. The number of hydrogen-bond acceptors (Lipinski definition) is 4. The van der Waals surface area contributed by atoms with E-state index in [0.29, 0.717) is 6.07 Å². The van der Waals surface area contributed by atoms with Gasteiger partial charge in [0.2, 0.25) is 5.95 Å². The molecule has 1 aromatic heterocycles. The van der Waals surface area contributed by atoms with Crippen molar-refractivity contribution < 1.29 is 26.7 Å². The second kappa shape index (κ2) is 7.36. The first-order chi connectivity index (χ1) is 12.9. The number of rotatable bonds is 4. The largest absolute Gasteiger partial charge is 0.322 e. The van der Waals surface area contributed by atoms with Gasteiger partial charge >= 0.3 is 0 Å². The first-order valence-electron chi connectivity index (χ1n) is 7.34. The number of benzene rings is 2. The van der Waals surface area contributed by atoms with E-state index >= 15 is 0 Å². The second-order valence-electron chi connectivity index (χ2n) is 5.19. The monoisotopic (exact) mass is 380 g/mol. The number of carbonyl (C=O) groups excluding carboxylic acids is 1. The molecular weight excluding hydrogens is 371 g/mol. The average Bonchev–Trinajstić information content (AvgIpc) is 2.66. The zero-order chi connectivity index (χ0) is 19.6. The SMILES string of the molecule is O=C(Nc1c(F)cccc1F)c1cnc(Nc2ccc(F)c(F)c2F)nc1. The molecule has 5 nitrogen and oxygen atoms in total. The number of anilines is 3. The molecule has 3 rings (SSSR count). The molecule has 0 fully saturated rings. The Balaban J connectivity index is 1.75. The van der Waals surface area contributed by atoms with Gasteiger partial charge in [-0.05, 0) is 24.3 Å². The van der Waals surface area contributed by atoms with Crippen molar-refractivity contribution in [2.75, 3.05) is 10.6 Å². The fraction of sp³-hybridized carbons (Fsp3) is 0. The summed E-state index contributed by atoms with van der Waals surface area (Å²) < 4.78 is 66.8. The number of nitrogens with zero attached hydrogens (tertiary/aromatic N) is 2.